The number of anilines is 1. The number of aromatic amines is 1. The molecule has 0 aliphatic heterocycles. The van der Waals surface area contributed by atoms with Crippen molar-refractivity contribution < 1.29 is 9.53 Å². The molecule has 1 aliphatic rings. The first kappa shape index (κ1) is 17.0. The molecule has 0 spiro atoms. The van der Waals surface area contributed by atoms with Crippen molar-refractivity contribution in [3.8, 4) is 5.75 Å². The standard InChI is InChI=1S/C20H20BrN3O2/c1-26-14-8-6-13(7-9-14)22-20(25)24-18-4-2-3-15-16-11-12(21)5-10-17(16)23-19(15)18/h5-11,18,23H,2-4H2,1H3,(H2,22,24,25). The van der Waals surface area contributed by atoms with Crippen LogP contribution in [0.15, 0.2) is 46.9 Å². The second kappa shape index (κ2) is 7.03. The van der Waals surface area contributed by atoms with E-state index in [2.05, 4.69) is 43.7 Å². The highest BCUT2D eigenvalue weighted by Crippen LogP contribution is 2.35. The number of carbonyl (C=O) groups excluding carboxylic acids is 1. The summed E-state index contributed by atoms with van der Waals surface area (Å²) < 4.78 is 6.20. The lowest BCUT2D eigenvalue weighted by Gasteiger charge is -2.24. The van der Waals surface area contributed by atoms with E-state index in [-0.39, 0.29) is 12.1 Å². The predicted octanol–water partition coefficient (Wildman–Crippen LogP) is 5.14. The number of nitrogens with one attached hydrogen (secondary N) is 3. The summed E-state index contributed by atoms with van der Waals surface area (Å²) in [6.45, 7) is 0. The van der Waals surface area contributed by atoms with E-state index in [0.29, 0.717) is 0 Å². The molecule has 0 radical (unpaired) electrons. The van der Waals surface area contributed by atoms with Crippen LogP contribution in [-0.2, 0) is 6.42 Å². The minimum Gasteiger partial charge on any atom is -0.497 e. The van der Waals surface area contributed by atoms with E-state index in [1.165, 1.54) is 10.9 Å². The summed E-state index contributed by atoms with van der Waals surface area (Å²) in [5.74, 6) is 0.761. The molecule has 5 nitrogen and oxygen atoms in total. The number of carbonyl (C=O) groups is 1. The maximum absolute atomic E-state index is 12.4. The van der Waals surface area contributed by atoms with Gasteiger partial charge in [0.25, 0.3) is 0 Å². The van der Waals surface area contributed by atoms with Gasteiger partial charge in [0.05, 0.1) is 13.2 Å². The Hall–Kier alpha value is -2.47. The van der Waals surface area contributed by atoms with Crippen LogP contribution < -0.4 is 15.4 Å². The second-order valence-corrected chi connectivity index (χ2v) is 7.39. The number of ether oxygens (including phenoxy) is 1. The molecule has 134 valence electrons. The Balaban J connectivity index is 1.52. The van der Waals surface area contributed by atoms with Crippen molar-refractivity contribution >= 4 is 38.6 Å². The largest absolute Gasteiger partial charge is 0.497 e. The summed E-state index contributed by atoms with van der Waals surface area (Å²) in [6, 6.07) is 13.3. The first-order valence-electron chi connectivity index (χ1n) is 8.65. The SMILES string of the molecule is COc1ccc(NC(=O)NC2CCCc3c2[nH]c2ccc(Br)cc32)cc1. The van der Waals surface area contributed by atoms with Crippen LogP contribution in [-0.4, -0.2) is 18.1 Å². The number of fused-ring (bicyclic) bond motifs is 3. The number of H-pyrrole nitrogens is 1. The fraction of sp³-hybridized carbons (Fsp3) is 0.250. The van der Waals surface area contributed by atoms with Crippen LogP contribution >= 0.6 is 15.9 Å². The molecular weight excluding hydrogens is 394 g/mol. The Labute approximate surface area is 160 Å². The van der Waals surface area contributed by atoms with Crippen molar-refractivity contribution in [3.63, 3.8) is 0 Å². The minimum atomic E-state index is -0.201. The summed E-state index contributed by atoms with van der Waals surface area (Å²) in [5.41, 5.74) is 4.28. The van der Waals surface area contributed by atoms with Gasteiger partial charge in [-0.15, -0.1) is 0 Å². The van der Waals surface area contributed by atoms with Crippen LogP contribution in [0, 0.1) is 0 Å². The molecule has 1 aliphatic carbocycles. The van der Waals surface area contributed by atoms with E-state index in [4.69, 9.17) is 4.74 Å². The fourth-order valence-electron chi connectivity index (χ4n) is 3.58. The molecule has 3 aromatic rings. The molecule has 0 fully saturated rings. The van der Waals surface area contributed by atoms with E-state index in [1.54, 1.807) is 7.11 Å². The topological polar surface area (TPSA) is 66.2 Å². The maximum atomic E-state index is 12.4. The van der Waals surface area contributed by atoms with Gasteiger partial charge >= 0.3 is 6.03 Å². The van der Waals surface area contributed by atoms with Gasteiger partial charge in [-0.25, -0.2) is 4.79 Å². The lowest BCUT2D eigenvalue weighted by Crippen LogP contribution is -2.34. The Morgan fingerprint density at radius 1 is 1.23 bits per heavy atom. The number of hydrogen-bond acceptors (Lipinski definition) is 2. The average molecular weight is 414 g/mol. The van der Waals surface area contributed by atoms with Gasteiger partial charge in [-0.1, -0.05) is 15.9 Å². The normalized spacial score (nSPS) is 16.2. The zero-order valence-electron chi connectivity index (χ0n) is 14.4. The van der Waals surface area contributed by atoms with Gasteiger partial charge in [0.2, 0.25) is 0 Å². The molecule has 3 N–H and O–H groups in total. The van der Waals surface area contributed by atoms with E-state index in [0.717, 1.165) is 46.4 Å². The zero-order valence-corrected chi connectivity index (χ0v) is 16.0. The Bertz CT molecular complexity index is 950. The predicted molar refractivity (Wildman–Crippen MR) is 107 cm³/mol. The van der Waals surface area contributed by atoms with Crippen molar-refractivity contribution in [1.82, 2.24) is 10.3 Å². The molecule has 2 aromatic carbocycles. The Morgan fingerprint density at radius 3 is 2.81 bits per heavy atom. The number of hydrogen-bond donors (Lipinski definition) is 3. The molecule has 1 heterocycles. The highest BCUT2D eigenvalue weighted by molar-refractivity contribution is 9.10. The van der Waals surface area contributed by atoms with Crippen LogP contribution in [0.25, 0.3) is 10.9 Å². The van der Waals surface area contributed by atoms with Gasteiger partial charge in [0.1, 0.15) is 5.75 Å². The van der Waals surface area contributed by atoms with Gasteiger partial charge in [-0.3, -0.25) is 0 Å². The van der Waals surface area contributed by atoms with E-state index in [9.17, 15) is 4.79 Å². The third kappa shape index (κ3) is 3.29. The number of methoxy groups -OCH3 is 1. The number of benzene rings is 2. The van der Waals surface area contributed by atoms with Gasteiger partial charge in [-0.2, -0.15) is 0 Å². The first-order valence-corrected chi connectivity index (χ1v) is 9.45. The number of urea groups is 1. The highest BCUT2D eigenvalue weighted by atomic mass is 79.9. The number of rotatable bonds is 3. The van der Waals surface area contributed by atoms with Crippen LogP contribution in [0.5, 0.6) is 5.75 Å². The van der Waals surface area contributed by atoms with Gasteiger partial charge in [-0.05, 0) is 67.3 Å². The van der Waals surface area contributed by atoms with Crippen LogP contribution in [0.4, 0.5) is 10.5 Å². The number of aryl methyl sites for hydroxylation is 1. The zero-order chi connectivity index (χ0) is 18.1. The van der Waals surface area contributed by atoms with Crippen molar-refractivity contribution in [2.24, 2.45) is 0 Å². The molecule has 4 rings (SSSR count). The van der Waals surface area contributed by atoms with E-state index >= 15 is 0 Å². The summed E-state index contributed by atoms with van der Waals surface area (Å²) in [5, 5.41) is 7.22. The molecule has 1 aromatic heterocycles. The third-order valence-electron chi connectivity index (χ3n) is 4.82. The van der Waals surface area contributed by atoms with Crippen molar-refractivity contribution in [3.05, 3.63) is 58.2 Å². The van der Waals surface area contributed by atoms with Crippen molar-refractivity contribution in [2.45, 2.75) is 25.3 Å². The van der Waals surface area contributed by atoms with Crippen molar-refractivity contribution in [1.29, 1.82) is 0 Å². The molecule has 26 heavy (non-hydrogen) atoms. The van der Waals surface area contributed by atoms with Gasteiger partial charge in [0, 0.05) is 26.8 Å². The molecule has 0 saturated carbocycles. The molecular formula is C20H20BrN3O2. The van der Waals surface area contributed by atoms with E-state index in [1.807, 2.05) is 30.3 Å². The van der Waals surface area contributed by atoms with Gasteiger partial charge < -0.3 is 20.4 Å². The lowest BCUT2D eigenvalue weighted by atomic mass is 9.92. The summed E-state index contributed by atoms with van der Waals surface area (Å²) in [4.78, 5) is 15.9. The van der Waals surface area contributed by atoms with E-state index < -0.39 is 0 Å². The molecule has 6 heteroatoms. The second-order valence-electron chi connectivity index (χ2n) is 6.48. The Morgan fingerprint density at radius 2 is 2.04 bits per heavy atom. The van der Waals surface area contributed by atoms with Gasteiger partial charge in [0.15, 0.2) is 0 Å². The minimum absolute atomic E-state index is 0.0110. The fourth-order valence-corrected chi connectivity index (χ4v) is 3.94. The number of amides is 2. The summed E-state index contributed by atoms with van der Waals surface area (Å²) in [6.07, 6.45) is 3.01. The lowest BCUT2D eigenvalue weighted by molar-refractivity contribution is 0.247. The molecule has 1 atom stereocenters. The van der Waals surface area contributed by atoms with Crippen LogP contribution in [0.1, 0.15) is 30.1 Å². The maximum Gasteiger partial charge on any atom is 0.319 e. The molecule has 0 saturated heterocycles. The average Bonchev–Trinajstić information content (AvgIpc) is 3.01. The Kier molecular flexibility index (Phi) is 4.59. The number of aromatic nitrogens is 1. The monoisotopic (exact) mass is 413 g/mol. The van der Waals surface area contributed by atoms with Crippen LogP contribution in [0.2, 0.25) is 0 Å². The summed E-state index contributed by atoms with van der Waals surface area (Å²) in [7, 11) is 1.62. The molecule has 0 bridgehead atoms. The number of halogens is 1. The smallest absolute Gasteiger partial charge is 0.319 e. The quantitative estimate of drug-likeness (QED) is 0.556. The first-order chi connectivity index (χ1) is 12.6. The van der Waals surface area contributed by atoms with Crippen molar-refractivity contribution in [2.75, 3.05) is 12.4 Å². The molecule has 1 unspecified atom stereocenters. The molecule has 2 amide bonds. The third-order valence-corrected chi connectivity index (χ3v) is 5.32. The van der Waals surface area contributed by atoms with Crippen LogP contribution in [0.3, 0.4) is 0 Å². The summed E-state index contributed by atoms with van der Waals surface area (Å²) >= 11 is 3.55. The highest BCUT2D eigenvalue weighted by Gasteiger charge is 2.25.